The van der Waals surface area contributed by atoms with E-state index in [9.17, 15) is 13.2 Å². The second-order valence-corrected chi connectivity index (χ2v) is 9.77. The summed E-state index contributed by atoms with van der Waals surface area (Å²) in [6.07, 6.45) is 1.52. The number of sulfonamides is 1. The van der Waals surface area contributed by atoms with Crippen LogP contribution in [0.5, 0.6) is 0 Å². The summed E-state index contributed by atoms with van der Waals surface area (Å²) in [4.78, 5) is 14.2. The fourth-order valence-corrected chi connectivity index (χ4v) is 4.77. The molecule has 1 aliphatic heterocycles. The van der Waals surface area contributed by atoms with E-state index in [1.165, 1.54) is 10.5 Å². The minimum atomic E-state index is -3.53. The van der Waals surface area contributed by atoms with E-state index < -0.39 is 10.0 Å². The zero-order valence-corrected chi connectivity index (χ0v) is 18.6. The third-order valence-corrected chi connectivity index (χ3v) is 7.08. The van der Waals surface area contributed by atoms with Crippen molar-refractivity contribution < 1.29 is 13.2 Å². The van der Waals surface area contributed by atoms with Gasteiger partial charge in [-0.2, -0.15) is 9.41 Å². The zero-order valence-electron chi connectivity index (χ0n) is 15.5. The normalized spacial score (nSPS) is 16.2. The summed E-state index contributed by atoms with van der Waals surface area (Å²) in [6, 6.07) is 13.7. The van der Waals surface area contributed by atoms with Crippen LogP contribution in [0.1, 0.15) is 5.56 Å². The topological polar surface area (TPSA) is 82.1 Å². The molecule has 29 heavy (non-hydrogen) atoms. The average Bonchev–Trinajstić information content (AvgIpc) is 2.69. The minimum Gasteiger partial charge on any atom is -0.292 e. The second-order valence-electron chi connectivity index (χ2n) is 6.48. The molecule has 0 unspecified atom stereocenters. The van der Waals surface area contributed by atoms with Crippen LogP contribution in [0.4, 0.5) is 0 Å². The van der Waals surface area contributed by atoms with Gasteiger partial charge >= 0.3 is 0 Å². The van der Waals surface area contributed by atoms with Crippen LogP contribution in [0.2, 0.25) is 5.02 Å². The number of halogens is 2. The Kier molecular flexibility index (Phi) is 7.42. The van der Waals surface area contributed by atoms with Crippen LogP contribution in [0.25, 0.3) is 0 Å². The summed E-state index contributed by atoms with van der Waals surface area (Å²) in [6.45, 7) is 1.76. The van der Waals surface area contributed by atoms with E-state index in [1.54, 1.807) is 42.5 Å². The Bertz CT molecular complexity index is 991. The number of benzene rings is 2. The lowest BCUT2D eigenvalue weighted by Gasteiger charge is -2.33. The number of nitrogens with zero attached hydrogens (tertiary/aromatic N) is 3. The second kappa shape index (κ2) is 9.82. The lowest BCUT2D eigenvalue weighted by molar-refractivity contribution is -0.122. The van der Waals surface area contributed by atoms with Crippen LogP contribution in [0, 0.1) is 0 Å². The van der Waals surface area contributed by atoms with Crippen molar-refractivity contribution in [3.05, 3.63) is 63.6 Å². The molecule has 0 radical (unpaired) electrons. The molecule has 3 rings (SSSR count). The van der Waals surface area contributed by atoms with Gasteiger partial charge in [-0.1, -0.05) is 39.7 Å². The highest BCUT2D eigenvalue weighted by molar-refractivity contribution is 9.10. The van der Waals surface area contributed by atoms with Crippen molar-refractivity contribution in [1.29, 1.82) is 0 Å². The number of hydrogen-bond donors (Lipinski definition) is 1. The number of piperazine rings is 1. The van der Waals surface area contributed by atoms with Gasteiger partial charge in [0, 0.05) is 35.7 Å². The van der Waals surface area contributed by atoms with Crippen LogP contribution < -0.4 is 5.43 Å². The first-order valence-electron chi connectivity index (χ1n) is 8.90. The van der Waals surface area contributed by atoms with Gasteiger partial charge < -0.3 is 0 Å². The first-order chi connectivity index (χ1) is 13.8. The van der Waals surface area contributed by atoms with Crippen molar-refractivity contribution in [2.45, 2.75) is 4.90 Å². The lowest BCUT2D eigenvalue weighted by Crippen LogP contribution is -2.50. The van der Waals surface area contributed by atoms with Gasteiger partial charge in [0.2, 0.25) is 10.0 Å². The van der Waals surface area contributed by atoms with Crippen LogP contribution in [-0.4, -0.2) is 62.5 Å². The Hall–Kier alpha value is -1.78. The number of carbonyl (C=O) groups is 1. The summed E-state index contributed by atoms with van der Waals surface area (Å²) >= 11 is 9.20. The van der Waals surface area contributed by atoms with Crippen molar-refractivity contribution in [3.8, 4) is 0 Å². The molecule has 0 aromatic heterocycles. The average molecular weight is 500 g/mol. The third-order valence-electron chi connectivity index (χ3n) is 4.40. The number of amides is 1. The van der Waals surface area contributed by atoms with Crippen molar-refractivity contribution in [2.24, 2.45) is 5.10 Å². The molecule has 0 aliphatic carbocycles. The Balaban J connectivity index is 1.48. The molecule has 1 aliphatic rings. The predicted octanol–water partition coefficient (Wildman–Crippen LogP) is 2.56. The number of hydrazone groups is 1. The van der Waals surface area contributed by atoms with Gasteiger partial charge in [0.1, 0.15) is 0 Å². The van der Waals surface area contributed by atoms with Gasteiger partial charge in [0.05, 0.1) is 17.7 Å². The van der Waals surface area contributed by atoms with Gasteiger partial charge in [-0.25, -0.2) is 13.8 Å². The van der Waals surface area contributed by atoms with Crippen molar-refractivity contribution in [1.82, 2.24) is 14.6 Å². The molecule has 0 saturated carbocycles. The maximum atomic E-state index is 12.7. The summed E-state index contributed by atoms with van der Waals surface area (Å²) < 4.78 is 27.7. The van der Waals surface area contributed by atoms with Crippen LogP contribution >= 0.6 is 27.5 Å². The summed E-state index contributed by atoms with van der Waals surface area (Å²) in [7, 11) is -3.53. The van der Waals surface area contributed by atoms with E-state index in [0.29, 0.717) is 31.2 Å². The first kappa shape index (κ1) is 21.9. The summed E-state index contributed by atoms with van der Waals surface area (Å²) in [5, 5.41) is 4.52. The van der Waals surface area contributed by atoms with Crippen molar-refractivity contribution in [3.63, 3.8) is 0 Å². The van der Waals surface area contributed by atoms with E-state index in [4.69, 9.17) is 11.6 Å². The molecule has 1 fully saturated rings. The number of rotatable bonds is 6. The molecule has 1 heterocycles. The highest BCUT2D eigenvalue weighted by Crippen LogP contribution is 2.20. The lowest BCUT2D eigenvalue weighted by atomic mass is 10.2. The molecule has 0 bridgehead atoms. The monoisotopic (exact) mass is 498 g/mol. The highest BCUT2D eigenvalue weighted by Gasteiger charge is 2.28. The van der Waals surface area contributed by atoms with Gasteiger partial charge in [-0.3, -0.25) is 9.69 Å². The van der Waals surface area contributed by atoms with E-state index >= 15 is 0 Å². The predicted molar refractivity (Wildman–Crippen MR) is 117 cm³/mol. The standard InChI is InChI=1S/C19H20BrClN4O3S/c20-16-4-6-18(7-5-16)29(27,28)25-10-8-24(9-11-25)14-19(26)23-22-13-15-2-1-3-17(21)12-15/h1-7,12-13H,8-11,14H2,(H,23,26). The largest absolute Gasteiger partial charge is 0.292 e. The SMILES string of the molecule is O=C(CN1CCN(S(=O)(=O)c2ccc(Br)cc2)CC1)NN=Cc1cccc(Cl)c1. The molecular weight excluding hydrogens is 480 g/mol. The number of nitrogens with one attached hydrogen (secondary N) is 1. The zero-order chi connectivity index (χ0) is 20.9. The maximum absolute atomic E-state index is 12.7. The van der Waals surface area contributed by atoms with Gasteiger partial charge in [-0.05, 0) is 42.0 Å². The number of carbonyl (C=O) groups excluding carboxylic acids is 1. The van der Waals surface area contributed by atoms with Crippen LogP contribution in [0.15, 0.2) is 63.0 Å². The van der Waals surface area contributed by atoms with Gasteiger partial charge in [0.15, 0.2) is 0 Å². The minimum absolute atomic E-state index is 0.152. The van der Waals surface area contributed by atoms with E-state index in [1.807, 2.05) is 11.0 Å². The van der Waals surface area contributed by atoms with Crippen LogP contribution in [-0.2, 0) is 14.8 Å². The molecule has 0 atom stereocenters. The van der Waals surface area contributed by atoms with Crippen molar-refractivity contribution >= 4 is 49.7 Å². The maximum Gasteiger partial charge on any atom is 0.254 e. The molecule has 10 heteroatoms. The number of hydrogen-bond acceptors (Lipinski definition) is 5. The first-order valence-corrected chi connectivity index (χ1v) is 11.5. The fourth-order valence-electron chi connectivity index (χ4n) is 2.89. The molecule has 154 valence electrons. The van der Waals surface area contributed by atoms with E-state index in [2.05, 4.69) is 26.5 Å². The molecule has 1 N–H and O–H groups in total. The third kappa shape index (κ3) is 6.10. The molecule has 1 amide bonds. The molecule has 1 saturated heterocycles. The van der Waals surface area contributed by atoms with Crippen LogP contribution in [0.3, 0.4) is 0 Å². The molecular formula is C19H20BrClN4O3S. The Morgan fingerprint density at radius 3 is 2.48 bits per heavy atom. The smallest absolute Gasteiger partial charge is 0.254 e. The Morgan fingerprint density at radius 2 is 1.83 bits per heavy atom. The molecule has 0 spiro atoms. The summed E-state index contributed by atoms with van der Waals surface area (Å²) in [5.74, 6) is -0.257. The molecule has 2 aromatic rings. The quantitative estimate of drug-likeness (QED) is 0.489. The van der Waals surface area contributed by atoms with Crippen molar-refractivity contribution in [2.75, 3.05) is 32.7 Å². The van der Waals surface area contributed by atoms with E-state index in [0.717, 1.165) is 10.0 Å². The Morgan fingerprint density at radius 1 is 1.14 bits per heavy atom. The van der Waals surface area contributed by atoms with E-state index in [-0.39, 0.29) is 17.3 Å². The van der Waals surface area contributed by atoms with Gasteiger partial charge in [-0.15, -0.1) is 0 Å². The molecule has 7 nitrogen and oxygen atoms in total. The summed E-state index contributed by atoms with van der Waals surface area (Å²) in [5.41, 5.74) is 3.26. The highest BCUT2D eigenvalue weighted by atomic mass is 79.9. The Labute approximate surface area is 183 Å². The van der Waals surface area contributed by atoms with Gasteiger partial charge in [0.25, 0.3) is 5.91 Å². The fraction of sp³-hybridized carbons (Fsp3) is 0.263. The molecule has 2 aromatic carbocycles.